The fourth-order valence-corrected chi connectivity index (χ4v) is 1.87. The molecule has 0 aliphatic rings. The summed E-state index contributed by atoms with van der Waals surface area (Å²) in [6, 6.07) is 2.62. The molecule has 0 N–H and O–H groups in total. The first-order chi connectivity index (χ1) is 6.49. The van der Waals surface area contributed by atoms with Crippen LogP contribution in [-0.2, 0) is 0 Å². The van der Waals surface area contributed by atoms with Crippen LogP contribution >= 0.6 is 0 Å². The van der Waals surface area contributed by atoms with Gasteiger partial charge in [0.1, 0.15) is 0 Å². The van der Waals surface area contributed by atoms with Gasteiger partial charge in [0.2, 0.25) is 0 Å². The average molecular weight is 191 g/mol. The molecule has 0 amide bonds. The summed E-state index contributed by atoms with van der Waals surface area (Å²) in [5, 5.41) is 13.3. The minimum atomic E-state index is -0.0671. The molecule has 0 aliphatic carbocycles. The summed E-state index contributed by atoms with van der Waals surface area (Å²) in [4.78, 5) is 0. The summed E-state index contributed by atoms with van der Waals surface area (Å²) in [7, 11) is 0. The second-order valence-electron chi connectivity index (χ2n) is 3.97. The van der Waals surface area contributed by atoms with Crippen LogP contribution < -0.4 is 0 Å². The fourth-order valence-electron chi connectivity index (χ4n) is 1.87. The molecule has 0 aliphatic heterocycles. The van der Waals surface area contributed by atoms with Crippen LogP contribution in [0.4, 0.5) is 0 Å². The smallest absolute Gasteiger partial charge is 0.0720 e. The normalized spacial score (nSPS) is 12.9. The Morgan fingerprint density at radius 2 is 1.86 bits per heavy atom. The van der Waals surface area contributed by atoms with Gasteiger partial charge in [-0.25, -0.2) is 0 Å². The maximum atomic E-state index is 8.90. The molecule has 0 bridgehead atoms. The van der Waals surface area contributed by atoms with Crippen molar-refractivity contribution in [2.75, 3.05) is 0 Å². The summed E-state index contributed by atoms with van der Waals surface area (Å²) in [5.41, 5.74) is 3.18. The zero-order chi connectivity index (χ0) is 10.9. The third-order valence-corrected chi connectivity index (χ3v) is 2.50. The fraction of sp³-hybridized carbons (Fsp3) is 0.636. The number of nitriles is 1. The quantitative estimate of drug-likeness (QED) is 0.721. The molecule has 0 spiro atoms. The predicted octanol–water partition coefficient (Wildman–Crippen LogP) is 2.71. The molecule has 1 heterocycles. The Hall–Kier alpha value is -1.30. The zero-order valence-corrected chi connectivity index (χ0v) is 9.50. The van der Waals surface area contributed by atoms with E-state index in [0.717, 1.165) is 17.0 Å². The summed E-state index contributed by atoms with van der Waals surface area (Å²) >= 11 is 0. The van der Waals surface area contributed by atoms with Crippen LogP contribution in [0.1, 0.15) is 49.7 Å². The lowest BCUT2D eigenvalue weighted by Gasteiger charge is -2.09. The summed E-state index contributed by atoms with van der Waals surface area (Å²) in [6.07, 6.45) is 0. The summed E-state index contributed by atoms with van der Waals surface area (Å²) in [6.45, 7) is 10.1. The molecule has 0 radical (unpaired) electrons. The summed E-state index contributed by atoms with van der Waals surface area (Å²) in [5.74, 6) is -0.0671. The van der Waals surface area contributed by atoms with E-state index >= 15 is 0 Å². The first-order valence-electron chi connectivity index (χ1n) is 4.94. The predicted molar refractivity (Wildman–Crippen MR) is 56.1 cm³/mol. The van der Waals surface area contributed by atoms with Gasteiger partial charge < -0.3 is 0 Å². The molecule has 1 aromatic rings. The standard InChI is InChI=1S/C11H17N3/c1-7(2)14-10(5)11(8(3)6-12)9(4)13-14/h7-8H,1-5H3. The van der Waals surface area contributed by atoms with Gasteiger partial charge in [-0.1, -0.05) is 0 Å². The van der Waals surface area contributed by atoms with E-state index in [9.17, 15) is 0 Å². The van der Waals surface area contributed by atoms with Crippen LogP contribution in [0.3, 0.4) is 0 Å². The van der Waals surface area contributed by atoms with E-state index in [1.165, 1.54) is 0 Å². The minimum Gasteiger partial charge on any atom is -0.267 e. The molecule has 1 atom stereocenters. The second kappa shape index (κ2) is 3.83. The maximum absolute atomic E-state index is 8.90. The molecular formula is C11H17N3. The van der Waals surface area contributed by atoms with E-state index in [4.69, 9.17) is 5.26 Å². The SMILES string of the molecule is Cc1nn(C(C)C)c(C)c1C(C)C#N. The van der Waals surface area contributed by atoms with Gasteiger partial charge >= 0.3 is 0 Å². The highest BCUT2D eigenvalue weighted by atomic mass is 15.3. The number of nitrogens with zero attached hydrogens (tertiary/aromatic N) is 3. The minimum absolute atomic E-state index is 0.0671. The third-order valence-electron chi connectivity index (χ3n) is 2.50. The van der Waals surface area contributed by atoms with E-state index < -0.39 is 0 Å². The number of rotatable bonds is 2. The van der Waals surface area contributed by atoms with E-state index in [1.54, 1.807) is 0 Å². The van der Waals surface area contributed by atoms with Crippen LogP contribution in [0.2, 0.25) is 0 Å². The van der Waals surface area contributed by atoms with Gasteiger partial charge in [0, 0.05) is 17.3 Å². The number of aryl methyl sites for hydroxylation is 1. The average Bonchev–Trinajstić information content (AvgIpc) is 2.41. The van der Waals surface area contributed by atoms with Gasteiger partial charge in [0.05, 0.1) is 17.7 Å². The van der Waals surface area contributed by atoms with Crippen molar-refractivity contribution in [2.24, 2.45) is 0 Å². The van der Waals surface area contributed by atoms with Crippen LogP contribution in [0, 0.1) is 25.2 Å². The number of hydrogen-bond donors (Lipinski definition) is 0. The molecule has 3 nitrogen and oxygen atoms in total. The highest BCUT2D eigenvalue weighted by molar-refractivity contribution is 5.32. The van der Waals surface area contributed by atoms with Gasteiger partial charge in [-0.05, 0) is 34.6 Å². The molecule has 14 heavy (non-hydrogen) atoms. The Bertz CT molecular complexity index is 369. The van der Waals surface area contributed by atoms with Gasteiger partial charge in [-0.2, -0.15) is 10.4 Å². The molecule has 0 aromatic carbocycles. The lowest BCUT2D eigenvalue weighted by Crippen LogP contribution is -2.05. The molecule has 0 fully saturated rings. The molecule has 1 aromatic heterocycles. The Morgan fingerprint density at radius 3 is 2.21 bits per heavy atom. The Labute approximate surface area is 85.4 Å². The third kappa shape index (κ3) is 1.65. The molecule has 1 rings (SSSR count). The highest BCUT2D eigenvalue weighted by Gasteiger charge is 2.17. The molecular weight excluding hydrogens is 174 g/mol. The monoisotopic (exact) mass is 191 g/mol. The van der Waals surface area contributed by atoms with Gasteiger partial charge in [0.25, 0.3) is 0 Å². The van der Waals surface area contributed by atoms with E-state index in [1.807, 2.05) is 25.5 Å². The van der Waals surface area contributed by atoms with Crippen molar-refractivity contribution in [1.82, 2.24) is 9.78 Å². The van der Waals surface area contributed by atoms with Crippen LogP contribution in [0.15, 0.2) is 0 Å². The van der Waals surface area contributed by atoms with Crippen molar-refractivity contribution < 1.29 is 0 Å². The van der Waals surface area contributed by atoms with Crippen molar-refractivity contribution in [2.45, 2.75) is 46.6 Å². The van der Waals surface area contributed by atoms with Crippen molar-refractivity contribution in [3.05, 3.63) is 17.0 Å². The molecule has 76 valence electrons. The van der Waals surface area contributed by atoms with Crippen LogP contribution in [0.5, 0.6) is 0 Å². The molecule has 0 saturated carbocycles. The maximum Gasteiger partial charge on any atom is 0.0720 e. The van der Waals surface area contributed by atoms with Gasteiger partial charge in [0.15, 0.2) is 0 Å². The lowest BCUT2D eigenvalue weighted by atomic mass is 10.0. The number of aromatic nitrogens is 2. The Kier molecular flexibility index (Phi) is 2.95. The van der Waals surface area contributed by atoms with Crippen molar-refractivity contribution in [1.29, 1.82) is 5.26 Å². The largest absolute Gasteiger partial charge is 0.267 e. The number of hydrogen-bond acceptors (Lipinski definition) is 2. The topological polar surface area (TPSA) is 41.6 Å². The zero-order valence-electron chi connectivity index (χ0n) is 9.50. The van der Waals surface area contributed by atoms with Crippen LogP contribution in [0.25, 0.3) is 0 Å². The molecule has 0 saturated heterocycles. The van der Waals surface area contributed by atoms with E-state index in [-0.39, 0.29) is 5.92 Å². The molecule has 3 heteroatoms. The first-order valence-corrected chi connectivity index (χ1v) is 4.94. The van der Waals surface area contributed by atoms with Crippen molar-refractivity contribution in [3.63, 3.8) is 0 Å². The Balaban J connectivity index is 3.26. The highest BCUT2D eigenvalue weighted by Crippen LogP contribution is 2.24. The first kappa shape index (κ1) is 10.8. The van der Waals surface area contributed by atoms with Gasteiger partial charge in [-0.15, -0.1) is 0 Å². The molecule has 1 unspecified atom stereocenters. The van der Waals surface area contributed by atoms with Crippen molar-refractivity contribution >= 4 is 0 Å². The Morgan fingerprint density at radius 1 is 1.29 bits per heavy atom. The van der Waals surface area contributed by atoms with Crippen LogP contribution in [-0.4, -0.2) is 9.78 Å². The second-order valence-corrected chi connectivity index (χ2v) is 3.97. The van der Waals surface area contributed by atoms with E-state index in [0.29, 0.717) is 6.04 Å². The van der Waals surface area contributed by atoms with Gasteiger partial charge in [-0.3, -0.25) is 4.68 Å². The van der Waals surface area contributed by atoms with E-state index in [2.05, 4.69) is 25.0 Å². The lowest BCUT2D eigenvalue weighted by molar-refractivity contribution is 0.515. The van der Waals surface area contributed by atoms with Crippen molar-refractivity contribution in [3.8, 4) is 6.07 Å². The summed E-state index contributed by atoms with van der Waals surface area (Å²) < 4.78 is 1.98.